The second-order valence-electron chi connectivity index (χ2n) is 5.61. The Kier molecular flexibility index (Phi) is 10.0. The number of methoxy groups -OCH3 is 1. The molecule has 0 atom stereocenters. The minimum Gasteiger partial charge on any atom is -0.496 e. The lowest BCUT2D eigenvalue weighted by Gasteiger charge is -2.26. The molecule has 0 amide bonds. The number of guanidine groups is 1. The van der Waals surface area contributed by atoms with E-state index in [1.807, 2.05) is 6.07 Å². The van der Waals surface area contributed by atoms with Crippen molar-refractivity contribution >= 4 is 29.9 Å². The number of rotatable bonds is 6. The summed E-state index contributed by atoms with van der Waals surface area (Å²) in [4.78, 5) is 6.67. The number of morpholine rings is 1. The average molecular weight is 448 g/mol. The summed E-state index contributed by atoms with van der Waals surface area (Å²) in [5, 5.41) is 6.70. The molecule has 2 N–H and O–H groups in total. The molecule has 2 rings (SSSR count). The molecule has 0 spiro atoms. The summed E-state index contributed by atoms with van der Waals surface area (Å²) in [5.74, 6) is 1.74. The number of ether oxygens (including phenoxy) is 2. The van der Waals surface area contributed by atoms with E-state index < -0.39 is 0 Å². The molecule has 0 saturated carbocycles. The zero-order chi connectivity index (χ0) is 16.5. The molecule has 1 aromatic carbocycles. The number of hydrogen-bond donors (Lipinski definition) is 2. The van der Waals surface area contributed by atoms with Crippen LogP contribution in [0.3, 0.4) is 0 Å². The van der Waals surface area contributed by atoms with Crippen molar-refractivity contribution in [3.63, 3.8) is 0 Å². The molecule has 24 heavy (non-hydrogen) atoms. The predicted molar refractivity (Wildman–Crippen MR) is 109 cm³/mol. The number of nitrogens with one attached hydrogen (secondary N) is 2. The van der Waals surface area contributed by atoms with Gasteiger partial charge in [0.05, 0.1) is 20.3 Å². The minimum atomic E-state index is 0. The molecule has 0 unspecified atom stereocenters. The molecule has 1 aliphatic heterocycles. The molecule has 1 heterocycles. The summed E-state index contributed by atoms with van der Waals surface area (Å²) in [6.45, 7) is 8.37. The van der Waals surface area contributed by atoms with Gasteiger partial charge in [-0.05, 0) is 24.1 Å². The van der Waals surface area contributed by atoms with Gasteiger partial charge < -0.3 is 20.1 Å². The van der Waals surface area contributed by atoms with Crippen LogP contribution < -0.4 is 15.4 Å². The summed E-state index contributed by atoms with van der Waals surface area (Å²) in [7, 11) is 3.49. The molecular weight excluding hydrogens is 419 g/mol. The van der Waals surface area contributed by atoms with Crippen molar-refractivity contribution in [3.8, 4) is 5.75 Å². The fourth-order valence-electron chi connectivity index (χ4n) is 2.61. The highest BCUT2D eigenvalue weighted by atomic mass is 127. The van der Waals surface area contributed by atoms with Crippen molar-refractivity contribution in [2.24, 2.45) is 4.99 Å². The van der Waals surface area contributed by atoms with Crippen LogP contribution in [0.5, 0.6) is 5.75 Å². The van der Waals surface area contributed by atoms with E-state index in [9.17, 15) is 0 Å². The Morgan fingerprint density at radius 2 is 2.04 bits per heavy atom. The zero-order valence-electron chi connectivity index (χ0n) is 14.8. The van der Waals surface area contributed by atoms with Crippen molar-refractivity contribution in [1.82, 2.24) is 15.5 Å². The molecule has 7 heteroatoms. The van der Waals surface area contributed by atoms with Gasteiger partial charge in [0, 0.05) is 39.8 Å². The molecule has 0 radical (unpaired) electrons. The first kappa shape index (κ1) is 21.0. The quantitative estimate of drug-likeness (QED) is 0.394. The molecule has 1 aromatic rings. The minimum absolute atomic E-state index is 0. The first-order chi connectivity index (χ1) is 11.2. The van der Waals surface area contributed by atoms with Crippen LogP contribution >= 0.6 is 24.0 Å². The lowest BCUT2D eigenvalue weighted by Crippen LogP contribution is -2.44. The van der Waals surface area contributed by atoms with Crippen molar-refractivity contribution in [2.75, 3.05) is 53.6 Å². The molecule has 136 valence electrons. The summed E-state index contributed by atoms with van der Waals surface area (Å²) >= 11 is 0. The summed E-state index contributed by atoms with van der Waals surface area (Å²) < 4.78 is 10.6. The van der Waals surface area contributed by atoms with E-state index in [2.05, 4.69) is 39.6 Å². The Morgan fingerprint density at radius 3 is 2.67 bits per heavy atom. The van der Waals surface area contributed by atoms with Gasteiger partial charge >= 0.3 is 0 Å². The van der Waals surface area contributed by atoms with Gasteiger partial charge in [-0.15, -0.1) is 24.0 Å². The van der Waals surface area contributed by atoms with Crippen LogP contribution in [0.25, 0.3) is 0 Å². The number of nitrogens with zero attached hydrogens (tertiary/aromatic N) is 2. The van der Waals surface area contributed by atoms with E-state index in [1.54, 1.807) is 14.2 Å². The van der Waals surface area contributed by atoms with E-state index in [-0.39, 0.29) is 24.0 Å². The van der Waals surface area contributed by atoms with Gasteiger partial charge in [-0.1, -0.05) is 12.1 Å². The van der Waals surface area contributed by atoms with Crippen LogP contribution in [-0.4, -0.2) is 64.4 Å². The van der Waals surface area contributed by atoms with Gasteiger partial charge in [0.25, 0.3) is 0 Å². The number of benzene rings is 1. The number of halogens is 1. The lowest BCUT2D eigenvalue weighted by molar-refractivity contribution is 0.0389. The first-order valence-electron chi connectivity index (χ1n) is 8.11. The largest absolute Gasteiger partial charge is 0.496 e. The third-order valence-electron chi connectivity index (χ3n) is 3.97. The highest BCUT2D eigenvalue weighted by molar-refractivity contribution is 14.0. The molecule has 6 nitrogen and oxygen atoms in total. The van der Waals surface area contributed by atoms with Gasteiger partial charge in [-0.25, -0.2) is 0 Å². The van der Waals surface area contributed by atoms with Crippen LogP contribution in [0.1, 0.15) is 11.1 Å². The third kappa shape index (κ3) is 6.82. The monoisotopic (exact) mass is 448 g/mol. The third-order valence-corrected chi connectivity index (χ3v) is 3.97. The Labute approximate surface area is 162 Å². The summed E-state index contributed by atoms with van der Waals surface area (Å²) in [5.41, 5.74) is 2.35. The van der Waals surface area contributed by atoms with Crippen LogP contribution in [-0.2, 0) is 11.3 Å². The molecule has 1 aliphatic rings. The van der Waals surface area contributed by atoms with E-state index >= 15 is 0 Å². The highest BCUT2D eigenvalue weighted by Crippen LogP contribution is 2.18. The maximum absolute atomic E-state index is 5.35. The van der Waals surface area contributed by atoms with Crippen molar-refractivity contribution in [1.29, 1.82) is 0 Å². The van der Waals surface area contributed by atoms with Gasteiger partial charge in [0.2, 0.25) is 0 Å². The fraction of sp³-hybridized carbons (Fsp3) is 0.588. The Morgan fingerprint density at radius 1 is 1.29 bits per heavy atom. The molecular formula is C17H29IN4O2. The molecule has 0 bridgehead atoms. The number of aryl methyl sites for hydroxylation is 1. The van der Waals surface area contributed by atoms with Gasteiger partial charge in [-0.2, -0.15) is 0 Å². The van der Waals surface area contributed by atoms with Crippen molar-refractivity contribution < 1.29 is 9.47 Å². The fourth-order valence-corrected chi connectivity index (χ4v) is 2.61. The summed E-state index contributed by atoms with van der Waals surface area (Å²) in [6, 6.07) is 6.20. The SMILES string of the molecule is CN=C(NCCN1CCOCC1)NCc1ccc(OC)c(C)c1.I. The van der Waals surface area contributed by atoms with E-state index in [1.165, 1.54) is 5.56 Å². The van der Waals surface area contributed by atoms with Gasteiger partial charge in [0.1, 0.15) is 5.75 Å². The van der Waals surface area contributed by atoms with Crippen LogP contribution in [0.2, 0.25) is 0 Å². The average Bonchev–Trinajstić information content (AvgIpc) is 2.59. The van der Waals surface area contributed by atoms with E-state index in [0.29, 0.717) is 0 Å². The Hall–Kier alpha value is -1.06. The first-order valence-corrected chi connectivity index (χ1v) is 8.11. The number of hydrogen-bond acceptors (Lipinski definition) is 4. The number of aliphatic imine (C=N–C) groups is 1. The Balaban J connectivity index is 0.00000288. The topological polar surface area (TPSA) is 58.1 Å². The normalized spacial score (nSPS) is 15.5. The maximum atomic E-state index is 5.35. The maximum Gasteiger partial charge on any atom is 0.191 e. The smallest absolute Gasteiger partial charge is 0.191 e. The van der Waals surface area contributed by atoms with Crippen LogP contribution in [0, 0.1) is 6.92 Å². The molecule has 1 fully saturated rings. The van der Waals surface area contributed by atoms with E-state index in [4.69, 9.17) is 9.47 Å². The second-order valence-corrected chi connectivity index (χ2v) is 5.61. The predicted octanol–water partition coefficient (Wildman–Crippen LogP) is 1.62. The van der Waals surface area contributed by atoms with Crippen molar-refractivity contribution in [3.05, 3.63) is 29.3 Å². The van der Waals surface area contributed by atoms with E-state index in [0.717, 1.165) is 63.2 Å². The summed E-state index contributed by atoms with van der Waals surface area (Å²) in [6.07, 6.45) is 0. The molecule has 0 aliphatic carbocycles. The van der Waals surface area contributed by atoms with Crippen molar-refractivity contribution in [2.45, 2.75) is 13.5 Å². The Bertz CT molecular complexity index is 519. The van der Waals surface area contributed by atoms with Crippen LogP contribution in [0.4, 0.5) is 0 Å². The van der Waals surface area contributed by atoms with Gasteiger partial charge in [-0.3, -0.25) is 9.89 Å². The van der Waals surface area contributed by atoms with Gasteiger partial charge in [0.15, 0.2) is 5.96 Å². The molecule has 1 saturated heterocycles. The van der Waals surface area contributed by atoms with Crippen LogP contribution in [0.15, 0.2) is 23.2 Å². The highest BCUT2D eigenvalue weighted by Gasteiger charge is 2.09. The molecule has 0 aromatic heterocycles. The standard InChI is InChI=1S/C17H28N4O2.HI/c1-14-12-15(4-5-16(14)22-3)13-20-17(18-2)19-6-7-21-8-10-23-11-9-21;/h4-5,12H,6-11,13H2,1-3H3,(H2,18,19,20);1H. The second kappa shape index (κ2) is 11.5. The zero-order valence-corrected chi connectivity index (χ0v) is 17.1. The lowest BCUT2D eigenvalue weighted by atomic mass is 10.1.